The van der Waals surface area contributed by atoms with Crippen molar-refractivity contribution in [2.24, 2.45) is 0 Å². The second-order valence-corrected chi connectivity index (χ2v) is 7.66. The van der Waals surface area contributed by atoms with Gasteiger partial charge in [-0.1, -0.05) is 12.1 Å². The van der Waals surface area contributed by atoms with Crippen molar-refractivity contribution >= 4 is 15.9 Å². The first-order valence-corrected chi connectivity index (χ1v) is 9.84. The SMILES string of the molecule is CNC(=O)c1cc(S(=O)(=O)NCCc2ccc(OC)c(OC)c2)ccc1C. The van der Waals surface area contributed by atoms with E-state index in [1.54, 1.807) is 33.3 Å². The molecule has 0 spiro atoms. The van der Waals surface area contributed by atoms with Gasteiger partial charge in [0.05, 0.1) is 19.1 Å². The van der Waals surface area contributed by atoms with E-state index in [-0.39, 0.29) is 17.3 Å². The lowest BCUT2D eigenvalue weighted by Crippen LogP contribution is -2.27. The molecule has 146 valence electrons. The molecule has 27 heavy (non-hydrogen) atoms. The maximum Gasteiger partial charge on any atom is 0.251 e. The molecule has 1 amide bonds. The van der Waals surface area contributed by atoms with Crippen LogP contribution in [0.25, 0.3) is 0 Å². The van der Waals surface area contributed by atoms with Gasteiger partial charge in [-0.3, -0.25) is 4.79 Å². The number of ether oxygens (including phenoxy) is 2. The maximum atomic E-state index is 12.5. The van der Waals surface area contributed by atoms with Gasteiger partial charge in [0.25, 0.3) is 5.91 Å². The van der Waals surface area contributed by atoms with Gasteiger partial charge in [-0.05, 0) is 48.7 Å². The van der Waals surface area contributed by atoms with E-state index in [9.17, 15) is 13.2 Å². The van der Waals surface area contributed by atoms with Crippen LogP contribution in [0.4, 0.5) is 0 Å². The fraction of sp³-hybridized carbons (Fsp3) is 0.316. The molecule has 0 saturated heterocycles. The predicted octanol–water partition coefficient (Wildman–Crippen LogP) is 1.89. The molecular formula is C19H24N2O5S. The molecule has 0 aromatic heterocycles. The topological polar surface area (TPSA) is 93.7 Å². The predicted molar refractivity (Wildman–Crippen MR) is 103 cm³/mol. The number of sulfonamides is 1. The standard InChI is InChI=1S/C19H24N2O5S/c1-13-5-7-15(12-16(13)19(22)20-2)27(23,24)21-10-9-14-6-8-17(25-3)18(11-14)26-4/h5-8,11-12,21H,9-10H2,1-4H3,(H,20,22). The molecule has 0 atom stereocenters. The zero-order chi connectivity index (χ0) is 20.0. The Morgan fingerprint density at radius 1 is 1.04 bits per heavy atom. The minimum absolute atomic E-state index is 0.0546. The van der Waals surface area contributed by atoms with Crippen LogP contribution in [0.1, 0.15) is 21.5 Å². The van der Waals surface area contributed by atoms with E-state index in [0.29, 0.717) is 29.0 Å². The summed E-state index contributed by atoms with van der Waals surface area (Å²) in [6.07, 6.45) is 0.480. The van der Waals surface area contributed by atoms with Crippen LogP contribution in [0.15, 0.2) is 41.3 Å². The molecule has 0 aliphatic heterocycles. The second-order valence-electron chi connectivity index (χ2n) is 5.89. The number of benzene rings is 2. The Kier molecular flexibility index (Phi) is 6.81. The Labute approximate surface area is 159 Å². The van der Waals surface area contributed by atoms with Crippen LogP contribution in [0, 0.1) is 6.92 Å². The number of hydrogen-bond acceptors (Lipinski definition) is 5. The molecular weight excluding hydrogens is 368 g/mol. The number of carbonyl (C=O) groups is 1. The number of methoxy groups -OCH3 is 2. The molecule has 2 aromatic carbocycles. The Bertz CT molecular complexity index is 926. The number of aryl methyl sites for hydroxylation is 1. The van der Waals surface area contributed by atoms with Gasteiger partial charge in [-0.2, -0.15) is 0 Å². The molecule has 2 rings (SSSR count). The van der Waals surface area contributed by atoms with Crippen LogP contribution in [-0.4, -0.2) is 42.1 Å². The van der Waals surface area contributed by atoms with Crippen molar-refractivity contribution in [1.29, 1.82) is 0 Å². The first-order chi connectivity index (χ1) is 12.8. The lowest BCUT2D eigenvalue weighted by molar-refractivity contribution is 0.0962. The van der Waals surface area contributed by atoms with Crippen molar-refractivity contribution in [1.82, 2.24) is 10.0 Å². The monoisotopic (exact) mass is 392 g/mol. The molecule has 0 radical (unpaired) electrons. The van der Waals surface area contributed by atoms with Gasteiger partial charge >= 0.3 is 0 Å². The van der Waals surface area contributed by atoms with Gasteiger partial charge in [-0.15, -0.1) is 0 Å². The lowest BCUT2D eigenvalue weighted by atomic mass is 10.1. The molecule has 0 heterocycles. The zero-order valence-electron chi connectivity index (χ0n) is 15.8. The molecule has 2 aromatic rings. The molecule has 0 aliphatic rings. The summed E-state index contributed by atoms with van der Waals surface area (Å²) in [6.45, 7) is 1.96. The summed E-state index contributed by atoms with van der Waals surface area (Å²) in [7, 11) is 0.882. The van der Waals surface area contributed by atoms with Crippen LogP contribution in [-0.2, 0) is 16.4 Å². The summed E-state index contributed by atoms with van der Waals surface area (Å²) >= 11 is 0. The Morgan fingerprint density at radius 3 is 2.37 bits per heavy atom. The third-order valence-electron chi connectivity index (χ3n) is 4.14. The maximum absolute atomic E-state index is 12.5. The Balaban J connectivity index is 2.10. The smallest absolute Gasteiger partial charge is 0.251 e. The molecule has 0 saturated carbocycles. The Morgan fingerprint density at radius 2 is 1.74 bits per heavy atom. The lowest BCUT2D eigenvalue weighted by Gasteiger charge is -2.11. The van der Waals surface area contributed by atoms with Crippen LogP contribution < -0.4 is 19.5 Å². The largest absolute Gasteiger partial charge is 0.493 e. The number of amides is 1. The van der Waals surface area contributed by atoms with Crippen LogP contribution >= 0.6 is 0 Å². The minimum atomic E-state index is -3.73. The molecule has 8 heteroatoms. The summed E-state index contributed by atoms with van der Waals surface area (Å²) in [5.41, 5.74) is 1.95. The fourth-order valence-electron chi connectivity index (χ4n) is 2.60. The van der Waals surface area contributed by atoms with Crippen molar-refractivity contribution in [2.45, 2.75) is 18.2 Å². The number of hydrogen-bond donors (Lipinski definition) is 2. The summed E-state index contributed by atoms with van der Waals surface area (Å²) < 4.78 is 38.1. The van der Waals surface area contributed by atoms with Gasteiger partial charge in [-0.25, -0.2) is 13.1 Å². The van der Waals surface area contributed by atoms with Gasteiger partial charge in [0.1, 0.15) is 0 Å². The van der Waals surface area contributed by atoms with Crippen molar-refractivity contribution < 1.29 is 22.7 Å². The van der Waals surface area contributed by atoms with Crippen molar-refractivity contribution in [3.05, 3.63) is 53.1 Å². The number of rotatable bonds is 8. The molecule has 0 unspecified atom stereocenters. The van der Waals surface area contributed by atoms with Gasteiger partial charge in [0.2, 0.25) is 10.0 Å². The second kappa shape index (κ2) is 8.88. The Hall–Kier alpha value is -2.58. The zero-order valence-corrected chi connectivity index (χ0v) is 16.6. The number of nitrogens with one attached hydrogen (secondary N) is 2. The quantitative estimate of drug-likeness (QED) is 0.716. The molecule has 0 fully saturated rings. The van der Waals surface area contributed by atoms with Gasteiger partial charge in [0, 0.05) is 19.2 Å². The normalized spacial score (nSPS) is 11.1. The first-order valence-electron chi connectivity index (χ1n) is 8.35. The molecule has 0 bridgehead atoms. The summed E-state index contributed by atoms with van der Waals surface area (Å²) in [4.78, 5) is 11.9. The van der Waals surface area contributed by atoms with Crippen LogP contribution in [0.2, 0.25) is 0 Å². The van der Waals surface area contributed by atoms with Crippen molar-refractivity contribution in [3.8, 4) is 11.5 Å². The highest BCUT2D eigenvalue weighted by Gasteiger charge is 2.17. The van der Waals surface area contributed by atoms with Crippen molar-refractivity contribution in [2.75, 3.05) is 27.8 Å². The van der Waals surface area contributed by atoms with E-state index in [2.05, 4.69) is 10.0 Å². The minimum Gasteiger partial charge on any atom is -0.493 e. The van der Waals surface area contributed by atoms with E-state index >= 15 is 0 Å². The van der Waals surface area contributed by atoms with Gasteiger partial charge in [0.15, 0.2) is 11.5 Å². The number of carbonyl (C=O) groups excluding carboxylic acids is 1. The van der Waals surface area contributed by atoms with E-state index in [4.69, 9.17) is 9.47 Å². The highest BCUT2D eigenvalue weighted by molar-refractivity contribution is 7.89. The first kappa shape index (κ1) is 20.7. The molecule has 7 nitrogen and oxygen atoms in total. The van der Waals surface area contributed by atoms with E-state index < -0.39 is 10.0 Å². The third kappa shape index (κ3) is 4.99. The van der Waals surface area contributed by atoms with Crippen molar-refractivity contribution in [3.63, 3.8) is 0 Å². The van der Waals surface area contributed by atoms with Gasteiger partial charge < -0.3 is 14.8 Å². The van der Waals surface area contributed by atoms with Crippen LogP contribution in [0.5, 0.6) is 11.5 Å². The molecule has 0 aliphatic carbocycles. The highest BCUT2D eigenvalue weighted by atomic mass is 32.2. The summed E-state index contributed by atoms with van der Waals surface area (Å²) in [5, 5.41) is 2.51. The molecule has 2 N–H and O–H groups in total. The van der Waals surface area contributed by atoms with E-state index in [1.807, 2.05) is 12.1 Å². The van der Waals surface area contributed by atoms with E-state index in [0.717, 1.165) is 5.56 Å². The van der Waals surface area contributed by atoms with Crippen LogP contribution in [0.3, 0.4) is 0 Å². The average Bonchev–Trinajstić information content (AvgIpc) is 2.67. The average molecular weight is 392 g/mol. The highest BCUT2D eigenvalue weighted by Crippen LogP contribution is 2.27. The summed E-state index contributed by atoms with van der Waals surface area (Å²) in [5.74, 6) is 0.879. The summed E-state index contributed by atoms with van der Waals surface area (Å²) in [6, 6.07) is 9.92. The third-order valence-corrected chi connectivity index (χ3v) is 5.60. The fourth-order valence-corrected chi connectivity index (χ4v) is 3.65. The van der Waals surface area contributed by atoms with E-state index in [1.165, 1.54) is 19.2 Å².